The summed E-state index contributed by atoms with van der Waals surface area (Å²) in [6.07, 6.45) is 0. The molecule has 0 aliphatic heterocycles. The van der Waals surface area contributed by atoms with Crippen molar-refractivity contribution in [1.29, 1.82) is 0 Å². The molecule has 0 aliphatic carbocycles. The van der Waals surface area contributed by atoms with Crippen molar-refractivity contribution in [1.82, 2.24) is 5.10 Å². The minimum atomic E-state index is -4.42. The zero-order valence-corrected chi connectivity index (χ0v) is 14.8. The number of aromatic nitrogens is 2. The maximum absolute atomic E-state index is 9.45. The predicted molar refractivity (Wildman–Crippen MR) is 91.5 cm³/mol. The number of fused-ring (bicyclic) bond motifs is 3. The Morgan fingerprint density at radius 2 is 1.88 bits per heavy atom. The molecule has 0 bridgehead atoms. The summed E-state index contributed by atoms with van der Waals surface area (Å²) in [5.41, 5.74) is 2.12. The van der Waals surface area contributed by atoms with Gasteiger partial charge in [-0.2, -0.15) is 0 Å². The Hall–Kier alpha value is -1.80. The second-order valence-electron chi connectivity index (χ2n) is 4.81. The predicted octanol–water partition coefficient (Wildman–Crippen LogP) is 2.83. The first-order chi connectivity index (χ1) is 11.4. The molecule has 0 saturated heterocycles. The van der Waals surface area contributed by atoms with Crippen molar-refractivity contribution in [2.75, 3.05) is 6.61 Å². The number of rotatable bonds is 3. The third-order valence-corrected chi connectivity index (χ3v) is 3.98. The van der Waals surface area contributed by atoms with Crippen molar-refractivity contribution < 1.29 is 21.8 Å². The van der Waals surface area contributed by atoms with Crippen LogP contribution < -0.4 is 4.68 Å². The second kappa shape index (κ2) is 7.85. The lowest BCUT2D eigenvalue weighted by Crippen LogP contribution is -2.37. The van der Waals surface area contributed by atoms with Crippen LogP contribution in [0.1, 0.15) is 13.8 Å². The van der Waals surface area contributed by atoms with E-state index in [0.29, 0.717) is 0 Å². The zero-order chi connectivity index (χ0) is 17.7. The normalized spacial score (nSPS) is 11.3. The number of hydrogen-bond donors (Lipinski definition) is 0. The minimum absolute atomic E-state index is 0.0914. The van der Waals surface area contributed by atoms with Crippen molar-refractivity contribution in [3.63, 3.8) is 0 Å². The maximum atomic E-state index is 9.45. The van der Waals surface area contributed by atoms with E-state index in [1.807, 2.05) is 41.1 Å². The van der Waals surface area contributed by atoms with Crippen LogP contribution in [0.15, 0.2) is 42.5 Å². The van der Waals surface area contributed by atoms with Crippen molar-refractivity contribution in [2.45, 2.75) is 20.4 Å². The molecule has 6 nitrogen and oxygen atoms in total. The lowest BCUT2D eigenvalue weighted by Gasteiger charge is -2.02. The van der Waals surface area contributed by atoms with Crippen LogP contribution in [0.4, 0.5) is 0 Å². The average molecular weight is 369 g/mol. The van der Waals surface area contributed by atoms with E-state index in [9.17, 15) is 13.0 Å². The van der Waals surface area contributed by atoms with Gasteiger partial charge < -0.3 is 4.55 Å². The molecule has 0 atom stereocenters. The molecule has 24 heavy (non-hydrogen) atoms. The first-order valence-electron chi connectivity index (χ1n) is 7.34. The number of hydrogen-bond acceptors (Lipinski definition) is 5. The van der Waals surface area contributed by atoms with Gasteiger partial charge in [-0.15, -0.1) is 0 Å². The highest BCUT2D eigenvalue weighted by atomic mass is 35.5. The second-order valence-corrected chi connectivity index (χ2v) is 6.30. The molecule has 1 heterocycles. The van der Waals surface area contributed by atoms with Gasteiger partial charge in [-0.25, -0.2) is 8.42 Å². The molecule has 0 aliphatic rings. The molecule has 8 heteroatoms. The summed E-state index contributed by atoms with van der Waals surface area (Å²) in [6.45, 7) is 4.28. The van der Waals surface area contributed by atoms with Gasteiger partial charge in [-0.1, -0.05) is 34.5 Å². The quantitative estimate of drug-likeness (QED) is 0.307. The largest absolute Gasteiger partial charge is 0.726 e. The summed E-state index contributed by atoms with van der Waals surface area (Å²) in [5, 5.41) is 7.69. The van der Waals surface area contributed by atoms with Gasteiger partial charge in [0.05, 0.1) is 12.0 Å². The van der Waals surface area contributed by atoms with E-state index in [4.69, 9.17) is 11.6 Å². The molecule has 1 aromatic heterocycles. The van der Waals surface area contributed by atoms with Gasteiger partial charge in [-0.05, 0) is 32.0 Å². The molecule has 3 rings (SSSR count). The number of halogens is 1. The van der Waals surface area contributed by atoms with Crippen LogP contribution >= 0.6 is 11.6 Å². The topological polar surface area (TPSA) is 83.2 Å². The van der Waals surface area contributed by atoms with Gasteiger partial charge in [0, 0.05) is 21.6 Å². The van der Waals surface area contributed by atoms with Crippen LogP contribution in [0.3, 0.4) is 0 Å². The Balaban J connectivity index is 0.000000256. The molecule has 3 aromatic rings. The van der Waals surface area contributed by atoms with Crippen molar-refractivity contribution in [3.05, 3.63) is 47.5 Å². The van der Waals surface area contributed by atoms with Gasteiger partial charge in [0.25, 0.3) is 0 Å². The van der Waals surface area contributed by atoms with Crippen LogP contribution in [0.5, 0.6) is 0 Å². The first kappa shape index (κ1) is 18.5. The fourth-order valence-corrected chi connectivity index (χ4v) is 2.77. The summed E-state index contributed by atoms with van der Waals surface area (Å²) in [6, 6.07) is 14.1. The smallest absolute Gasteiger partial charge is 0.239 e. The van der Waals surface area contributed by atoms with Crippen LogP contribution in [0.2, 0.25) is 5.02 Å². The summed E-state index contributed by atoms with van der Waals surface area (Å²) in [4.78, 5) is 0. The number of aryl methyl sites for hydroxylation is 1. The van der Waals surface area contributed by atoms with E-state index < -0.39 is 10.4 Å². The van der Waals surface area contributed by atoms with E-state index >= 15 is 0 Å². The maximum Gasteiger partial charge on any atom is 0.239 e. The molecule has 128 valence electrons. The van der Waals surface area contributed by atoms with E-state index in [-0.39, 0.29) is 6.61 Å². The van der Waals surface area contributed by atoms with Gasteiger partial charge in [0.15, 0.2) is 6.54 Å². The van der Waals surface area contributed by atoms with Gasteiger partial charge in [-0.3, -0.25) is 4.18 Å². The Morgan fingerprint density at radius 3 is 2.46 bits per heavy atom. The zero-order valence-electron chi connectivity index (χ0n) is 13.3. The molecular weight excluding hydrogens is 352 g/mol. The van der Waals surface area contributed by atoms with E-state index in [0.717, 1.165) is 33.4 Å². The fourth-order valence-electron chi connectivity index (χ4n) is 2.31. The summed E-state index contributed by atoms with van der Waals surface area (Å²) >= 11 is 6.08. The Labute approximate surface area is 145 Å². The lowest BCUT2D eigenvalue weighted by molar-refractivity contribution is -0.724. The SMILES string of the molecule is CCOS(=O)(=O)[O-].CC[n+]1nc2ccccc2c2cc(Cl)ccc21. The highest BCUT2D eigenvalue weighted by Crippen LogP contribution is 2.23. The van der Waals surface area contributed by atoms with Crippen molar-refractivity contribution in [3.8, 4) is 0 Å². The van der Waals surface area contributed by atoms with E-state index in [1.165, 1.54) is 6.92 Å². The lowest BCUT2D eigenvalue weighted by atomic mass is 10.1. The third kappa shape index (κ3) is 4.61. The molecule has 0 N–H and O–H groups in total. The molecule has 0 amide bonds. The fraction of sp³-hybridized carbons (Fsp3) is 0.250. The number of benzene rings is 2. The first-order valence-corrected chi connectivity index (χ1v) is 9.05. The molecule has 0 unspecified atom stereocenters. The van der Waals surface area contributed by atoms with Crippen molar-refractivity contribution in [2.24, 2.45) is 0 Å². The number of nitrogens with zero attached hydrogens (tertiary/aromatic N) is 2. The summed E-state index contributed by atoms with van der Waals surface area (Å²) in [5.74, 6) is 0. The van der Waals surface area contributed by atoms with Gasteiger partial charge in [0.2, 0.25) is 15.9 Å². The minimum Gasteiger partial charge on any atom is -0.726 e. The summed E-state index contributed by atoms with van der Waals surface area (Å²) < 4.78 is 34.0. The molecule has 0 spiro atoms. The molecule has 2 aromatic carbocycles. The molecule has 0 saturated carbocycles. The highest BCUT2D eigenvalue weighted by molar-refractivity contribution is 7.80. The van der Waals surface area contributed by atoms with Crippen LogP contribution in [-0.4, -0.2) is 24.7 Å². The van der Waals surface area contributed by atoms with Crippen LogP contribution in [0.25, 0.3) is 21.8 Å². The van der Waals surface area contributed by atoms with Gasteiger partial charge in [0.1, 0.15) is 5.52 Å². The highest BCUT2D eigenvalue weighted by Gasteiger charge is 2.13. The molecular formula is C16H17ClN2O4S. The van der Waals surface area contributed by atoms with Gasteiger partial charge >= 0.3 is 0 Å². The van der Waals surface area contributed by atoms with Crippen LogP contribution in [0, 0.1) is 0 Å². The third-order valence-electron chi connectivity index (χ3n) is 3.22. The molecule has 0 fully saturated rings. The Morgan fingerprint density at radius 1 is 1.17 bits per heavy atom. The van der Waals surface area contributed by atoms with Crippen LogP contribution in [-0.2, 0) is 21.1 Å². The monoisotopic (exact) mass is 368 g/mol. The van der Waals surface area contributed by atoms with Crippen molar-refractivity contribution >= 4 is 43.8 Å². The molecule has 0 radical (unpaired) electrons. The average Bonchev–Trinajstić information content (AvgIpc) is 2.53. The van der Waals surface area contributed by atoms with E-state index in [2.05, 4.69) is 22.3 Å². The van der Waals surface area contributed by atoms with E-state index in [1.54, 1.807) is 0 Å². The Kier molecular flexibility index (Phi) is 6.06. The Bertz CT molecular complexity index is 961. The summed E-state index contributed by atoms with van der Waals surface area (Å²) in [7, 11) is -4.42. The standard InChI is InChI=1S/C14H12ClN2.C2H6O4S/c1-2-17-14-8-7-10(15)9-12(14)11-5-3-4-6-13(11)16-17;1-2-6-7(3,4)5/h3-9H,2H2,1H3;2H2,1H3,(H,3,4,5)/q+1;/p-1.